The highest BCUT2D eigenvalue weighted by Gasteiger charge is 2.21. The highest BCUT2D eigenvalue weighted by atomic mass is 32.1. The Morgan fingerprint density at radius 2 is 1.71 bits per heavy atom. The number of hydrogen-bond donors (Lipinski definition) is 1. The van der Waals surface area contributed by atoms with Gasteiger partial charge in [-0.25, -0.2) is 4.39 Å². The fraction of sp³-hybridized carbons (Fsp3) is 0.333. The summed E-state index contributed by atoms with van der Waals surface area (Å²) in [7, 11) is 1.99. The summed E-state index contributed by atoms with van der Waals surface area (Å²) in [5.74, 6) is 0.796. The number of benzene rings is 2. The lowest BCUT2D eigenvalue weighted by Crippen LogP contribution is -3.14. The number of rotatable bonds is 5. The smallest absolute Gasteiger partial charge is 0.202 e. The number of halogens is 1. The lowest BCUT2D eigenvalue weighted by atomic mass is 10.1. The van der Waals surface area contributed by atoms with Gasteiger partial charge in [0.25, 0.3) is 0 Å². The Bertz CT molecular complexity index is 972. The van der Waals surface area contributed by atoms with Crippen LogP contribution < -0.4 is 9.80 Å². The van der Waals surface area contributed by atoms with Crippen molar-refractivity contribution in [2.75, 3.05) is 31.1 Å². The van der Waals surface area contributed by atoms with Crippen LogP contribution in [0.5, 0.6) is 0 Å². The molecule has 1 aliphatic rings. The first-order chi connectivity index (χ1) is 13.6. The number of anilines is 1. The lowest BCUT2D eigenvalue weighted by Gasteiger charge is -2.33. The molecule has 0 spiro atoms. The number of quaternary nitrogens is 1. The van der Waals surface area contributed by atoms with Crippen LogP contribution in [0.3, 0.4) is 0 Å². The molecule has 146 valence electrons. The number of hydrogen-bond acceptors (Lipinski definition) is 3. The molecule has 0 unspecified atom stereocenters. The van der Waals surface area contributed by atoms with E-state index in [1.54, 1.807) is 0 Å². The van der Waals surface area contributed by atoms with E-state index in [4.69, 9.17) is 17.3 Å². The van der Waals surface area contributed by atoms with Crippen molar-refractivity contribution < 1.29 is 9.29 Å². The molecule has 5 nitrogen and oxygen atoms in total. The van der Waals surface area contributed by atoms with E-state index in [2.05, 4.69) is 17.0 Å². The van der Waals surface area contributed by atoms with Crippen molar-refractivity contribution in [2.45, 2.75) is 13.1 Å². The Balaban J connectivity index is 1.39. The standard InChI is InChI=1S/C21H24FN5S/c1-24-20(15-17-5-3-2-4-6-17)23-27(21(24)28)16-25-11-13-26(14-12-25)19-9-7-18(22)8-10-19/h2-10H,11-16H2,1H3/p+1. The van der Waals surface area contributed by atoms with Crippen LogP contribution in [0.1, 0.15) is 11.4 Å². The zero-order valence-electron chi connectivity index (χ0n) is 16.0. The molecule has 1 aliphatic heterocycles. The second kappa shape index (κ2) is 8.24. The van der Waals surface area contributed by atoms with Crippen LogP contribution in [0.4, 0.5) is 10.1 Å². The minimum absolute atomic E-state index is 0.191. The van der Waals surface area contributed by atoms with Gasteiger partial charge in [-0.2, -0.15) is 9.78 Å². The van der Waals surface area contributed by atoms with Gasteiger partial charge in [0, 0.05) is 19.2 Å². The molecule has 7 heteroatoms. The first-order valence-corrected chi connectivity index (χ1v) is 10.0. The van der Waals surface area contributed by atoms with E-state index in [-0.39, 0.29) is 5.82 Å². The van der Waals surface area contributed by atoms with Gasteiger partial charge in [-0.05, 0) is 42.0 Å². The van der Waals surface area contributed by atoms with Crippen molar-refractivity contribution >= 4 is 17.9 Å². The quantitative estimate of drug-likeness (QED) is 0.668. The summed E-state index contributed by atoms with van der Waals surface area (Å²) in [6, 6.07) is 17.1. The van der Waals surface area contributed by atoms with Crippen molar-refractivity contribution in [3.63, 3.8) is 0 Å². The Kier molecular flexibility index (Phi) is 5.54. The molecule has 28 heavy (non-hydrogen) atoms. The van der Waals surface area contributed by atoms with Gasteiger partial charge in [0.15, 0.2) is 6.67 Å². The lowest BCUT2D eigenvalue weighted by molar-refractivity contribution is -0.924. The Morgan fingerprint density at radius 1 is 1.04 bits per heavy atom. The van der Waals surface area contributed by atoms with Crippen LogP contribution in [0.15, 0.2) is 54.6 Å². The van der Waals surface area contributed by atoms with Crippen LogP contribution in [0.25, 0.3) is 0 Å². The van der Waals surface area contributed by atoms with Gasteiger partial charge in [-0.3, -0.25) is 0 Å². The van der Waals surface area contributed by atoms with Crippen LogP contribution in [-0.4, -0.2) is 40.5 Å². The molecule has 1 N–H and O–H groups in total. The zero-order chi connectivity index (χ0) is 19.5. The van der Waals surface area contributed by atoms with E-state index >= 15 is 0 Å². The average Bonchev–Trinajstić information content (AvgIpc) is 2.98. The summed E-state index contributed by atoms with van der Waals surface area (Å²) >= 11 is 5.61. The van der Waals surface area contributed by atoms with Crippen molar-refractivity contribution in [2.24, 2.45) is 7.05 Å². The molecule has 1 fully saturated rings. The van der Waals surface area contributed by atoms with Gasteiger partial charge in [0.05, 0.1) is 26.2 Å². The normalized spacial score (nSPS) is 15.1. The molecule has 0 saturated carbocycles. The number of nitrogens with zero attached hydrogens (tertiary/aromatic N) is 4. The van der Waals surface area contributed by atoms with Crippen molar-refractivity contribution in [3.05, 3.63) is 76.6 Å². The Hall–Kier alpha value is -2.51. The molecule has 0 aliphatic carbocycles. The Labute approximate surface area is 169 Å². The highest BCUT2D eigenvalue weighted by molar-refractivity contribution is 7.71. The van der Waals surface area contributed by atoms with E-state index in [9.17, 15) is 4.39 Å². The monoisotopic (exact) mass is 398 g/mol. The van der Waals surface area contributed by atoms with Gasteiger partial charge in [-0.1, -0.05) is 30.3 Å². The van der Waals surface area contributed by atoms with Crippen molar-refractivity contribution in [3.8, 4) is 0 Å². The third-order valence-corrected chi connectivity index (χ3v) is 5.86. The Morgan fingerprint density at radius 3 is 2.39 bits per heavy atom. The highest BCUT2D eigenvalue weighted by Crippen LogP contribution is 2.14. The molecule has 4 rings (SSSR count). The maximum Gasteiger partial charge on any atom is 0.202 e. The number of piperazine rings is 1. The van der Waals surface area contributed by atoms with Crippen LogP contribution >= 0.6 is 12.2 Å². The SMILES string of the molecule is Cn1c(Cc2ccccc2)nn(C[NH+]2CCN(c3ccc(F)cc3)CC2)c1=S. The van der Waals surface area contributed by atoms with Crippen LogP contribution in [0.2, 0.25) is 0 Å². The van der Waals surface area contributed by atoms with E-state index in [1.807, 2.05) is 46.6 Å². The second-order valence-corrected chi connectivity index (χ2v) is 7.66. The molecule has 2 aromatic carbocycles. The topological polar surface area (TPSA) is 30.4 Å². The maximum absolute atomic E-state index is 13.1. The first kappa shape index (κ1) is 18.8. The van der Waals surface area contributed by atoms with Gasteiger partial charge >= 0.3 is 0 Å². The van der Waals surface area contributed by atoms with E-state index in [0.29, 0.717) is 0 Å². The molecule has 0 atom stereocenters. The molecule has 1 aromatic heterocycles. The summed E-state index contributed by atoms with van der Waals surface area (Å²) in [6.07, 6.45) is 0.779. The molecule has 0 radical (unpaired) electrons. The fourth-order valence-corrected chi connectivity index (χ4v) is 3.88. The minimum atomic E-state index is -0.191. The first-order valence-electron chi connectivity index (χ1n) is 9.61. The average molecular weight is 399 g/mol. The molecular formula is C21H25FN5S+. The molecule has 1 saturated heterocycles. The largest absolute Gasteiger partial charge is 0.360 e. The van der Waals surface area contributed by atoms with Crippen LogP contribution in [0, 0.1) is 10.6 Å². The maximum atomic E-state index is 13.1. The van der Waals surface area contributed by atoms with E-state index in [0.717, 1.165) is 55.6 Å². The minimum Gasteiger partial charge on any atom is -0.360 e. The van der Waals surface area contributed by atoms with E-state index in [1.165, 1.54) is 22.6 Å². The summed E-state index contributed by atoms with van der Waals surface area (Å²) in [6.45, 7) is 4.67. The second-order valence-electron chi connectivity index (χ2n) is 7.29. The third kappa shape index (κ3) is 4.15. The molecular weight excluding hydrogens is 373 g/mol. The molecule has 2 heterocycles. The molecule has 0 bridgehead atoms. The summed E-state index contributed by atoms with van der Waals surface area (Å²) < 4.78 is 17.9. The predicted octanol–water partition coefficient (Wildman–Crippen LogP) is 2.04. The van der Waals surface area contributed by atoms with Crippen molar-refractivity contribution in [1.29, 1.82) is 0 Å². The van der Waals surface area contributed by atoms with Gasteiger partial charge in [0.1, 0.15) is 11.6 Å². The summed E-state index contributed by atoms with van der Waals surface area (Å²) in [4.78, 5) is 3.76. The predicted molar refractivity (Wildman–Crippen MR) is 111 cm³/mol. The molecule has 0 amide bonds. The fourth-order valence-electron chi connectivity index (χ4n) is 3.67. The number of nitrogens with one attached hydrogen (secondary N) is 1. The van der Waals surface area contributed by atoms with Crippen LogP contribution in [-0.2, 0) is 20.1 Å². The summed E-state index contributed by atoms with van der Waals surface area (Å²) in [5, 5.41) is 4.78. The third-order valence-electron chi connectivity index (χ3n) is 5.37. The van der Waals surface area contributed by atoms with Gasteiger partial charge in [0.2, 0.25) is 4.77 Å². The van der Waals surface area contributed by atoms with E-state index < -0.39 is 0 Å². The number of aromatic nitrogens is 3. The molecule has 3 aromatic rings. The van der Waals surface area contributed by atoms with Crippen molar-refractivity contribution in [1.82, 2.24) is 14.3 Å². The summed E-state index contributed by atoms with van der Waals surface area (Å²) in [5.41, 5.74) is 2.32. The van der Waals surface area contributed by atoms with Gasteiger partial charge in [-0.15, -0.1) is 0 Å². The van der Waals surface area contributed by atoms with Gasteiger partial charge < -0.3 is 14.4 Å². The zero-order valence-corrected chi connectivity index (χ0v) is 16.8.